The van der Waals surface area contributed by atoms with E-state index in [1.165, 1.54) is 0 Å². The summed E-state index contributed by atoms with van der Waals surface area (Å²) in [7, 11) is 0. The second kappa shape index (κ2) is 16.1. The molecule has 0 aliphatic carbocycles. The molecule has 7 nitrogen and oxygen atoms in total. The Hall–Kier alpha value is -3.52. The molecule has 0 aromatic heterocycles. The van der Waals surface area contributed by atoms with Gasteiger partial charge in [-0.3, -0.25) is 0 Å². The maximum Gasteiger partial charge on any atom is 0.127 e. The maximum absolute atomic E-state index is 6.18. The van der Waals surface area contributed by atoms with Gasteiger partial charge in [0.25, 0.3) is 0 Å². The minimum atomic E-state index is 0.467. The second-order valence-corrected chi connectivity index (χ2v) is 9.86. The van der Waals surface area contributed by atoms with Crippen molar-refractivity contribution in [2.75, 3.05) is 66.1 Å². The molecule has 0 unspecified atom stereocenters. The van der Waals surface area contributed by atoms with Crippen LogP contribution in [0, 0.1) is 0 Å². The SMILES string of the molecule is c1cc2c3cccc(c3c1)OCCCCCCOc1cccc3c(cccc13)OCCOCCOCCOCCO2. The van der Waals surface area contributed by atoms with Crippen molar-refractivity contribution in [3.8, 4) is 23.0 Å². The van der Waals surface area contributed by atoms with Crippen LogP contribution < -0.4 is 18.9 Å². The number of rotatable bonds is 0. The summed E-state index contributed by atoms with van der Waals surface area (Å²) in [6.07, 6.45) is 4.16. The Kier molecular flexibility index (Phi) is 11.4. The second-order valence-electron chi connectivity index (χ2n) is 9.86. The molecule has 0 saturated carbocycles. The zero-order chi connectivity index (χ0) is 28.0. The van der Waals surface area contributed by atoms with Crippen molar-refractivity contribution in [1.82, 2.24) is 0 Å². The fraction of sp³-hybridized carbons (Fsp3) is 0.412. The molecule has 0 saturated heterocycles. The third kappa shape index (κ3) is 8.49. The lowest BCUT2D eigenvalue weighted by atomic mass is 10.1. The van der Waals surface area contributed by atoms with Crippen molar-refractivity contribution < 1.29 is 33.2 Å². The van der Waals surface area contributed by atoms with Crippen molar-refractivity contribution >= 4 is 21.5 Å². The molecule has 8 bridgehead atoms. The summed E-state index contributed by atoms with van der Waals surface area (Å²) >= 11 is 0. The van der Waals surface area contributed by atoms with Crippen LogP contribution in [-0.2, 0) is 14.2 Å². The van der Waals surface area contributed by atoms with Crippen LogP contribution in [0.1, 0.15) is 25.7 Å². The van der Waals surface area contributed by atoms with Gasteiger partial charge in [0.1, 0.15) is 36.2 Å². The van der Waals surface area contributed by atoms with E-state index in [-0.39, 0.29) is 0 Å². The third-order valence-electron chi connectivity index (χ3n) is 6.95. The van der Waals surface area contributed by atoms with Crippen LogP contribution in [0.15, 0.2) is 72.8 Å². The first-order chi connectivity index (χ1) is 20.4. The molecule has 7 heteroatoms. The molecule has 0 N–H and O–H groups in total. The van der Waals surface area contributed by atoms with Crippen LogP contribution >= 0.6 is 0 Å². The Labute approximate surface area is 242 Å². The van der Waals surface area contributed by atoms with Gasteiger partial charge in [-0.15, -0.1) is 0 Å². The molecule has 4 aromatic rings. The van der Waals surface area contributed by atoms with Crippen molar-refractivity contribution in [3.63, 3.8) is 0 Å². The zero-order valence-corrected chi connectivity index (χ0v) is 23.7. The third-order valence-corrected chi connectivity index (χ3v) is 6.95. The minimum Gasteiger partial charge on any atom is -0.493 e. The minimum absolute atomic E-state index is 0.467. The van der Waals surface area contributed by atoms with Gasteiger partial charge < -0.3 is 33.2 Å². The van der Waals surface area contributed by atoms with Gasteiger partial charge in [-0.1, -0.05) is 48.5 Å². The van der Waals surface area contributed by atoms with E-state index in [2.05, 4.69) is 24.3 Å². The van der Waals surface area contributed by atoms with Gasteiger partial charge in [0.05, 0.1) is 52.9 Å². The molecule has 5 rings (SSSR count). The van der Waals surface area contributed by atoms with Gasteiger partial charge >= 0.3 is 0 Å². The number of hydrogen-bond acceptors (Lipinski definition) is 7. The predicted octanol–water partition coefficient (Wildman–Crippen LogP) is 6.83. The topological polar surface area (TPSA) is 64.6 Å². The van der Waals surface area contributed by atoms with Crippen LogP contribution in [0.4, 0.5) is 0 Å². The van der Waals surface area contributed by atoms with E-state index in [9.17, 15) is 0 Å². The lowest BCUT2D eigenvalue weighted by molar-refractivity contribution is 0.00512. The Morgan fingerprint density at radius 1 is 0.293 bits per heavy atom. The van der Waals surface area contributed by atoms with E-state index in [4.69, 9.17) is 33.2 Å². The molecule has 1 aliphatic rings. The van der Waals surface area contributed by atoms with Gasteiger partial charge in [0.15, 0.2) is 0 Å². The standard InChI is InChI=1S/C34H40O7/c1-2-4-18-39-32-14-6-12-30-28(32)10-8-16-34(30)41-26-24-37-22-20-35-19-21-36-23-25-40-33-15-7-9-27-29(33)11-5-13-31(27)38-17-3-1/h5-16H,1-4,17-26H2. The van der Waals surface area contributed by atoms with E-state index in [1.807, 2.05) is 48.5 Å². The highest BCUT2D eigenvalue weighted by Gasteiger charge is 2.09. The number of benzene rings is 4. The first-order valence-electron chi connectivity index (χ1n) is 14.7. The molecule has 1 heterocycles. The van der Waals surface area contributed by atoms with E-state index in [0.29, 0.717) is 66.1 Å². The predicted molar refractivity (Wildman–Crippen MR) is 161 cm³/mol. The van der Waals surface area contributed by atoms with Crippen molar-refractivity contribution in [3.05, 3.63) is 72.8 Å². The first-order valence-corrected chi connectivity index (χ1v) is 14.7. The van der Waals surface area contributed by atoms with Gasteiger partial charge in [-0.2, -0.15) is 0 Å². The summed E-state index contributed by atoms with van der Waals surface area (Å²) in [6.45, 7) is 5.30. The van der Waals surface area contributed by atoms with Crippen molar-refractivity contribution in [2.24, 2.45) is 0 Å². The normalized spacial score (nSPS) is 17.4. The average Bonchev–Trinajstić information content (AvgIpc) is 3.00. The zero-order valence-electron chi connectivity index (χ0n) is 23.7. The maximum atomic E-state index is 6.18. The quantitative estimate of drug-likeness (QED) is 0.234. The highest BCUT2D eigenvalue weighted by atomic mass is 16.6. The van der Waals surface area contributed by atoms with Gasteiger partial charge in [0, 0.05) is 21.5 Å². The van der Waals surface area contributed by atoms with Crippen molar-refractivity contribution in [1.29, 1.82) is 0 Å². The largest absolute Gasteiger partial charge is 0.493 e. The molecule has 0 atom stereocenters. The summed E-state index contributed by atoms with van der Waals surface area (Å²) in [6, 6.07) is 24.4. The molecular weight excluding hydrogens is 520 g/mol. The molecule has 1 aliphatic heterocycles. The van der Waals surface area contributed by atoms with Crippen LogP contribution in [-0.4, -0.2) is 66.1 Å². The molecular formula is C34H40O7. The molecule has 4 aromatic carbocycles. The number of ether oxygens (including phenoxy) is 7. The summed E-state index contributed by atoms with van der Waals surface area (Å²) in [5.41, 5.74) is 0. The summed E-state index contributed by atoms with van der Waals surface area (Å²) in [5, 5.41) is 4.20. The molecule has 218 valence electrons. The van der Waals surface area contributed by atoms with Crippen LogP contribution in [0.2, 0.25) is 0 Å². The van der Waals surface area contributed by atoms with Crippen LogP contribution in [0.3, 0.4) is 0 Å². The summed E-state index contributed by atoms with van der Waals surface area (Å²) in [5.74, 6) is 3.44. The van der Waals surface area contributed by atoms with Gasteiger partial charge in [0.2, 0.25) is 0 Å². The van der Waals surface area contributed by atoms with Crippen LogP contribution in [0.25, 0.3) is 21.5 Å². The van der Waals surface area contributed by atoms with Crippen LogP contribution in [0.5, 0.6) is 23.0 Å². The molecule has 0 radical (unpaired) electrons. The molecule has 0 spiro atoms. The van der Waals surface area contributed by atoms with E-state index in [1.54, 1.807) is 0 Å². The monoisotopic (exact) mass is 560 g/mol. The summed E-state index contributed by atoms with van der Waals surface area (Å²) in [4.78, 5) is 0. The molecule has 0 fully saturated rings. The van der Waals surface area contributed by atoms with Crippen molar-refractivity contribution in [2.45, 2.75) is 25.7 Å². The first kappa shape index (κ1) is 29.0. The smallest absolute Gasteiger partial charge is 0.127 e. The molecule has 0 amide bonds. The fourth-order valence-electron chi connectivity index (χ4n) is 4.89. The number of hydrogen-bond donors (Lipinski definition) is 0. The Bertz CT molecular complexity index is 1250. The Morgan fingerprint density at radius 2 is 0.585 bits per heavy atom. The summed E-state index contributed by atoms with van der Waals surface area (Å²) < 4.78 is 41.4. The lowest BCUT2D eigenvalue weighted by Crippen LogP contribution is -2.14. The van der Waals surface area contributed by atoms with E-state index >= 15 is 0 Å². The Morgan fingerprint density at radius 3 is 0.927 bits per heavy atom. The van der Waals surface area contributed by atoms with Gasteiger partial charge in [-0.05, 0) is 49.9 Å². The average molecular weight is 561 g/mol. The van der Waals surface area contributed by atoms with E-state index < -0.39 is 0 Å². The van der Waals surface area contributed by atoms with E-state index in [0.717, 1.165) is 70.2 Å². The highest BCUT2D eigenvalue weighted by Crippen LogP contribution is 2.33. The van der Waals surface area contributed by atoms with Gasteiger partial charge in [-0.25, -0.2) is 0 Å². The fourth-order valence-corrected chi connectivity index (χ4v) is 4.89. The Balaban J connectivity index is 1.18. The lowest BCUT2D eigenvalue weighted by Gasteiger charge is -2.13. The molecule has 41 heavy (non-hydrogen) atoms. The highest BCUT2D eigenvalue weighted by molar-refractivity contribution is 5.93.